The second-order valence-corrected chi connectivity index (χ2v) is 4.55. The van der Waals surface area contributed by atoms with Gasteiger partial charge in [-0.25, -0.2) is 0 Å². The van der Waals surface area contributed by atoms with Crippen molar-refractivity contribution in [1.82, 2.24) is 4.90 Å². The molecule has 1 aliphatic heterocycles. The Labute approximate surface area is 99.0 Å². The Hall–Kier alpha value is -1.35. The Morgan fingerprint density at radius 2 is 2.00 bits per heavy atom. The summed E-state index contributed by atoms with van der Waals surface area (Å²) in [5.41, 5.74) is 1.82. The number of likely N-dealkylation sites (N-methyl/N-ethyl adjacent to an activating group) is 1. The number of halogens is 1. The fourth-order valence-corrected chi connectivity index (χ4v) is 2.28. The number of benzene rings is 1. The lowest BCUT2D eigenvalue weighted by Gasteiger charge is -2.10. The van der Waals surface area contributed by atoms with Gasteiger partial charge < -0.3 is 0 Å². The van der Waals surface area contributed by atoms with Gasteiger partial charge in [-0.3, -0.25) is 14.5 Å². The number of aryl methyl sites for hydroxylation is 1. The molecule has 0 saturated carbocycles. The maximum Gasteiger partial charge on any atom is 0.236 e. The molecule has 1 unspecified atom stereocenters. The normalized spacial score (nSPS) is 20.7. The number of likely N-dealkylation sites (tertiary alicyclic amines) is 1. The van der Waals surface area contributed by atoms with Crippen LogP contribution in [0.1, 0.15) is 23.5 Å². The molecule has 0 bridgehead atoms. The fraction of sp³-hybridized carbons (Fsp3) is 0.333. The van der Waals surface area contributed by atoms with E-state index in [1.165, 1.54) is 11.9 Å². The summed E-state index contributed by atoms with van der Waals surface area (Å²) >= 11 is 5.94. The number of rotatable bonds is 1. The van der Waals surface area contributed by atoms with Crippen molar-refractivity contribution in [1.29, 1.82) is 0 Å². The molecule has 0 radical (unpaired) electrons. The first-order valence-electron chi connectivity index (χ1n) is 5.06. The highest BCUT2D eigenvalue weighted by Crippen LogP contribution is 2.30. The lowest BCUT2D eigenvalue weighted by atomic mass is 9.96. The smallest absolute Gasteiger partial charge is 0.236 e. The molecule has 1 saturated heterocycles. The number of imide groups is 1. The monoisotopic (exact) mass is 237 g/mol. The van der Waals surface area contributed by atoms with E-state index in [2.05, 4.69) is 0 Å². The van der Waals surface area contributed by atoms with Crippen LogP contribution in [-0.4, -0.2) is 23.8 Å². The fourth-order valence-electron chi connectivity index (χ4n) is 1.98. The molecule has 84 valence electrons. The quantitative estimate of drug-likeness (QED) is 0.702. The van der Waals surface area contributed by atoms with Crippen LogP contribution in [0.5, 0.6) is 0 Å². The van der Waals surface area contributed by atoms with Crippen LogP contribution in [0.15, 0.2) is 18.2 Å². The zero-order valence-corrected chi connectivity index (χ0v) is 9.91. The molecular weight excluding hydrogens is 226 g/mol. The van der Waals surface area contributed by atoms with E-state index in [4.69, 9.17) is 11.6 Å². The summed E-state index contributed by atoms with van der Waals surface area (Å²) in [6, 6.07) is 5.49. The molecule has 2 amide bonds. The molecule has 1 aliphatic rings. The van der Waals surface area contributed by atoms with Crippen LogP contribution in [0.25, 0.3) is 0 Å². The van der Waals surface area contributed by atoms with Gasteiger partial charge in [-0.15, -0.1) is 0 Å². The molecule has 4 heteroatoms. The Morgan fingerprint density at radius 3 is 2.50 bits per heavy atom. The van der Waals surface area contributed by atoms with Crippen LogP contribution >= 0.6 is 11.6 Å². The first-order chi connectivity index (χ1) is 7.49. The summed E-state index contributed by atoms with van der Waals surface area (Å²) in [5, 5.41) is 0.602. The van der Waals surface area contributed by atoms with Gasteiger partial charge in [0.2, 0.25) is 11.8 Å². The molecule has 2 rings (SSSR count). The van der Waals surface area contributed by atoms with E-state index in [0.29, 0.717) is 5.02 Å². The minimum atomic E-state index is -0.366. The van der Waals surface area contributed by atoms with E-state index in [1.807, 2.05) is 19.1 Å². The summed E-state index contributed by atoms with van der Waals surface area (Å²) in [5.74, 6) is -0.644. The summed E-state index contributed by atoms with van der Waals surface area (Å²) in [7, 11) is 1.52. The third-order valence-electron chi connectivity index (χ3n) is 2.85. The van der Waals surface area contributed by atoms with Crippen molar-refractivity contribution < 1.29 is 9.59 Å². The lowest BCUT2D eigenvalue weighted by Crippen LogP contribution is -2.25. The van der Waals surface area contributed by atoms with E-state index in [0.717, 1.165) is 11.1 Å². The highest BCUT2D eigenvalue weighted by atomic mass is 35.5. The lowest BCUT2D eigenvalue weighted by molar-refractivity contribution is -0.137. The second kappa shape index (κ2) is 3.91. The van der Waals surface area contributed by atoms with E-state index in [1.54, 1.807) is 6.07 Å². The minimum absolute atomic E-state index is 0.132. The first kappa shape index (κ1) is 11.1. The molecule has 1 aromatic rings. The number of nitrogens with zero attached hydrogens (tertiary/aromatic N) is 1. The third kappa shape index (κ3) is 1.83. The Bertz CT molecular complexity index is 450. The largest absolute Gasteiger partial charge is 0.285 e. The molecule has 1 aromatic carbocycles. The number of carbonyl (C=O) groups is 2. The maximum atomic E-state index is 11.8. The van der Waals surface area contributed by atoms with Gasteiger partial charge in [0.05, 0.1) is 5.92 Å². The second-order valence-electron chi connectivity index (χ2n) is 4.11. The standard InChI is InChI=1S/C12H12ClNO2/c1-7-3-8(5-9(13)4-7)10-6-11(15)14(2)12(10)16/h3-5,10H,6H2,1-2H3. The van der Waals surface area contributed by atoms with Crippen LogP contribution in [0.2, 0.25) is 5.02 Å². The van der Waals surface area contributed by atoms with E-state index in [9.17, 15) is 9.59 Å². The zero-order chi connectivity index (χ0) is 11.9. The van der Waals surface area contributed by atoms with Crippen LogP contribution in [0.3, 0.4) is 0 Å². The van der Waals surface area contributed by atoms with Crippen LogP contribution in [0.4, 0.5) is 0 Å². The van der Waals surface area contributed by atoms with Crippen molar-refractivity contribution in [2.24, 2.45) is 0 Å². The summed E-state index contributed by atoms with van der Waals surface area (Å²) in [4.78, 5) is 24.4. The van der Waals surface area contributed by atoms with Crippen LogP contribution in [0, 0.1) is 6.92 Å². The van der Waals surface area contributed by atoms with Gasteiger partial charge in [0.1, 0.15) is 0 Å². The van der Waals surface area contributed by atoms with Crippen molar-refractivity contribution in [3.63, 3.8) is 0 Å². The van der Waals surface area contributed by atoms with Crippen LogP contribution in [-0.2, 0) is 9.59 Å². The highest BCUT2D eigenvalue weighted by molar-refractivity contribution is 6.30. The number of carbonyl (C=O) groups excluding carboxylic acids is 2. The summed E-state index contributed by atoms with van der Waals surface area (Å²) in [6.07, 6.45) is 0.245. The molecule has 1 fully saturated rings. The van der Waals surface area contributed by atoms with Crippen molar-refractivity contribution in [2.45, 2.75) is 19.3 Å². The Kier molecular flexibility index (Phi) is 2.72. The molecule has 16 heavy (non-hydrogen) atoms. The van der Waals surface area contributed by atoms with Crippen molar-refractivity contribution in [3.05, 3.63) is 34.3 Å². The molecule has 0 N–H and O–H groups in total. The average Bonchev–Trinajstić information content (AvgIpc) is 2.44. The summed E-state index contributed by atoms with van der Waals surface area (Å²) in [6.45, 7) is 1.92. The molecule has 3 nitrogen and oxygen atoms in total. The molecule has 1 atom stereocenters. The molecule has 0 spiro atoms. The van der Waals surface area contributed by atoms with Gasteiger partial charge in [-0.2, -0.15) is 0 Å². The van der Waals surface area contributed by atoms with Gasteiger partial charge >= 0.3 is 0 Å². The third-order valence-corrected chi connectivity index (χ3v) is 3.07. The Morgan fingerprint density at radius 1 is 1.31 bits per heavy atom. The number of hydrogen-bond donors (Lipinski definition) is 0. The van der Waals surface area contributed by atoms with E-state index < -0.39 is 0 Å². The maximum absolute atomic E-state index is 11.8. The average molecular weight is 238 g/mol. The zero-order valence-electron chi connectivity index (χ0n) is 9.16. The van der Waals surface area contributed by atoms with Crippen LogP contribution < -0.4 is 0 Å². The molecule has 0 aromatic heterocycles. The van der Waals surface area contributed by atoms with Crippen molar-refractivity contribution >= 4 is 23.4 Å². The SMILES string of the molecule is Cc1cc(Cl)cc(C2CC(=O)N(C)C2=O)c1. The van der Waals surface area contributed by atoms with Gasteiger partial charge in [-0.05, 0) is 30.2 Å². The highest BCUT2D eigenvalue weighted by Gasteiger charge is 2.37. The Balaban J connectivity index is 2.38. The van der Waals surface area contributed by atoms with E-state index >= 15 is 0 Å². The summed E-state index contributed by atoms with van der Waals surface area (Å²) < 4.78 is 0. The van der Waals surface area contributed by atoms with Gasteiger partial charge in [0.15, 0.2) is 0 Å². The molecule has 1 heterocycles. The van der Waals surface area contributed by atoms with Gasteiger partial charge in [-0.1, -0.05) is 17.7 Å². The first-order valence-corrected chi connectivity index (χ1v) is 5.44. The minimum Gasteiger partial charge on any atom is -0.285 e. The van der Waals surface area contributed by atoms with E-state index in [-0.39, 0.29) is 24.2 Å². The van der Waals surface area contributed by atoms with Gasteiger partial charge in [0, 0.05) is 18.5 Å². The molecule has 0 aliphatic carbocycles. The van der Waals surface area contributed by atoms with Crippen molar-refractivity contribution in [2.75, 3.05) is 7.05 Å². The number of hydrogen-bond acceptors (Lipinski definition) is 2. The van der Waals surface area contributed by atoms with Crippen molar-refractivity contribution in [3.8, 4) is 0 Å². The topological polar surface area (TPSA) is 37.4 Å². The van der Waals surface area contributed by atoms with Gasteiger partial charge in [0.25, 0.3) is 0 Å². The predicted octanol–water partition coefficient (Wildman–Crippen LogP) is 2.12. The number of amides is 2. The molecular formula is C12H12ClNO2. The predicted molar refractivity (Wildman–Crippen MR) is 61.3 cm³/mol.